The lowest BCUT2D eigenvalue weighted by Crippen LogP contribution is -2.42. The highest BCUT2D eigenvalue weighted by atomic mass is 16.6. The molecule has 2 unspecified atom stereocenters. The minimum Gasteiger partial charge on any atom is -0.498 e. The van der Waals surface area contributed by atoms with Gasteiger partial charge in [-0.05, 0) is 19.3 Å². The number of methoxy groups -OCH3 is 1. The van der Waals surface area contributed by atoms with E-state index in [0.717, 1.165) is 19.3 Å². The van der Waals surface area contributed by atoms with Gasteiger partial charge in [-0.1, -0.05) is 66.9 Å². The van der Waals surface area contributed by atoms with Crippen LogP contribution in [0.1, 0.15) is 112 Å². The zero-order valence-corrected chi connectivity index (χ0v) is 38.6. The molecule has 19 nitrogen and oxygen atoms in total. The number of hydrogen-bond donors (Lipinski definition) is 7. The molecule has 0 aliphatic carbocycles. The standard InChI is InChI=1S/C33H60N2O12.C6H13NO4.C4H10/c1-6-9-15-32(16-34,20-42-5)24-47-30(41)14-13-29(40)46-23-31(8-3,21-44-27(38)10-7-2)22-45-28(39)12-11-26(4)43-25-33(17-35,18-36)19-37;7-1-6(2-8,3-9)4-11-5-10;1-3-4-2/h36-37H,4,6-25,34-35H2,1-3,5H3;5,8-9H,1-4,7H2;3-4H2,1-2H3. The van der Waals surface area contributed by atoms with Gasteiger partial charge in [-0.2, -0.15) is 0 Å². The first kappa shape index (κ1) is 62.9. The van der Waals surface area contributed by atoms with Crippen LogP contribution in [0.4, 0.5) is 0 Å². The van der Waals surface area contributed by atoms with Gasteiger partial charge >= 0.3 is 23.9 Å². The number of aliphatic hydroxyl groups excluding tert-OH is 4. The van der Waals surface area contributed by atoms with Crippen molar-refractivity contribution in [2.45, 2.75) is 112 Å². The SMILES string of the molecule is C=C(CCC(=O)OCC(CC)(COC(=O)CCC)COC(=O)CCC(=O)OCC(CN)(CCCC)COC)OCC(CN)(CO)CO.CCCC.NCC(CO)(CO)COC=O. The molecule has 19 heteroatoms. The second-order valence-corrected chi connectivity index (χ2v) is 15.8. The molecule has 0 saturated carbocycles. The Morgan fingerprint density at radius 1 is 0.516 bits per heavy atom. The van der Waals surface area contributed by atoms with Crippen molar-refractivity contribution in [3.63, 3.8) is 0 Å². The first-order chi connectivity index (χ1) is 29.5. The predicted molar refractivity (Wildman–Crippen MR) is 232 cm³/mol. The van der Waals surface area contributed by atoms with Gasteiger partial charge in [-0.25, -0.2) is 0 Å². The van der Waals surface area contributed by atoms with Crippen molar-refractivity contribution in [1.29, 1.82) is 0 Å². The molecule has 0 aliphatic rings. The maximum atomic E-state index is 12.6. The second-order valence-electron chi connectivity index (χ2n) is 15.8. The molecule has 366 valence electrons. The molecule has 0 spiro atoms. The Kier molecular flexibility index (Phi) is 38.6. The number of hydrogen-bond acceptors (Lipinski definition) is 19. The summed E-state index contributed by atoms with van der Waals surface area (Å²) in [5, 5.41) is 36.5. The minimum absolute atomic E-state index is 0.00462. The summed E-state index contributed by atoms with van der Waals surface area (Å²) in [4.78, 5) is 59.5. The number of carbonyl (C=O) groups excluding carboxylic acids is 5. The van der Waals surface area contributed by atoms with Crippen molar-refractivity contribution in [2.24, 2.45) is 38.9 Å². The molecular formula is C43H83N3O16. The van der Waals surface area contributed by atoms with Crippen molar-refractivity contribution < 1.29 is 77.6 Å². The number of nitrogens with two attached hydrogens (primary N) is 3. The third-order valence-corrected chi connectivity index (χ3v) is 10.2. The van der Waals surface area contributed by atoms with E-state index in [1.807, 2.05) is 6.92 Å². The largest absolute Gasteiger partial charge is 0.498 e. The van der Waals surface area contributed by atoms with E-state index in [2.05, 4.69) is 32.1 Å². The third-order valence-electron chi connectivity index (χ3n) is 10.2. The van der Waals surface area contributed by atoms with Crippen LogP contribution in [0.2, 0.25) is 0 Å². The number of rotatable bonds is 36. The zero-order valence-electron chi connectivity index (χ0n) is 38.6. The van der Waals surface area contributed by atoms with Gasteiger partial charge in [0.15, 0.2) is 0 Å². The van der Waals surface area contributed by atoms with Gasteiger partial charge in [-0.15, -0.1) is 0 Å². The third kappa shape index (κ3) is 28.3. The maximum absolute atomic E-state index is 12.6. The minimum atomic E-state index is -1.02. The average Bonchev–Trinajstić information content (AvgIpc) is 3.30. The molecule has 0 aromatic rings. The van der Waals surface area contributed by atoms with Crippen LogP contribution in [0.25, 0.3) is 0 Å². The van der Waals surface area contributed by atoms with Crippen LogP contribution < -0.4 is 17.2 Å². The Hall–Kier alpha value is -3.43. The van der Waals surface area contributed by atoms with Crippen molar-refractivity contribution in [1.82, 2.24) is 0 Å². The van der Waals surface area contributed by atoms with Gasteiger partial charge in [0.2, 0.25) is 0 Å². The summed E-state index contributed by atoms with van der Waals surface area (Å²) in [6, 6.07) is 0. The van der Waals surface area contributed by atoms with Crippen LogP contribution in [0.15, 0.2) is 12.3 Å². The molecule has 0 amide bonds. The molecule has 0 bridgehead atoms. The summed E-state index contributed by atoms with van der Waals surface area (Å²) in [7, 11) is 1.57. The van der Waals surface area contributed by atoms with Crippen LogP contribution in [0.5, 0.6) is 0 Å². The lowest BCUT2D eigenvalue weighted by Gasteiger charge is -2.31. The molecule has 0 aliphatic heterocycles. The topological polar surface area (TPSA) is 309 Å². The number of aliphatic hydroxyl groups is 4. The van der Waals surface area contributed by atoms with E-state index in [9.17, 15) is 34.2 Å². The van der Waals surface area contributed by atoms with E-state index in [0.29, 0.717) is 19.4 Å². The molecule has 0 radical (unpaired) electrons. The molecule has 0 aromatic heterocycles. The Balaban J connectivity index is -0.00000196. The van der Waals surface area contributed by atoms with Crippen molar-refractivity contribution in [3.8, 4) is 0 Å². The van der Waals surface area contributed by atoms with Crippen LogP contribution in [-0.4, -0.2) is 150 Å². The van der Waals surface area contributed by atoms with E-state index in [1.54, 1.807) is 14.0 Å². The summed E-state index contributed by atoms with van der Waals surface area (Å²) in [5.41, 5.74) is 13.4. The highest BCUT2D eigenvalue weighted by molar-refractivity contribution is 5.77. The zero-order chi connectivity index (χ0) is 47.9. The number of unbranched alkanes of at least 4 members (excludes halogenated alkanes) is 2. The highest BCUT2D eigenvalue weighted by Crippen LogP contribution is 2.27. The molecule has 0 rings (SSSR count). The molecule has 62 heavy (non-hydrogen) atoms. The molecular weight excluding hydrogens is 814 g/mol. The average molecular weight is 898 g/mol. The van der Waals surface area contributed by atoms with Crippen molar-refractivity contribution >= 4 is 30.3 Å². The second kappa shape index (κ2) is 38.1. The summed E-state index contributed by atoms with van der Waals surface area (Å²) in [5.74, 6) is -2.00. The molecule has 0 saturated heterocycles. The lowest BCUT2D eigenvalue weighted by molar-refractivity contribution is -0.164. The highest BCUT2D eigenvalue weighted by Gasteiger charge is 2.35. The van der Waals surface area contributed by atoms with Gasteiger partial charge < -0.3 is 70.8 Å². The summed E-state index contributed by atoms with van der Waals surface area (Å²) >= 11 is 0. The lowest BCUT2D eigenvalue weighted by atomic mass is 9.84. The van der Waals surface area contributed by atoms with Crippen molar-refractivity contribution in [2.75, 3.05) is 99.4 Å². The van der Waals surface area contributed by atoms with E-state index < -0.39 is 45.5 Å². The molecule has 0 heterocycles. The fourth-order valence-electron chi connectivity index (χ4n) is 4.76. The smallest absolute Gasteiger partial charge is 0.306 e. The molecule has 2 atom stereocenters. The molecule has 0 fully saturated rings. The van der Waals surface area contributed by atoms with E-state index in [4.69, 9.17) is 55.8 Å². The Bertz CT molecular complexity index is 1180. The number of carbonyl (C=O) groups is 5. The Morgan fingerprint density at radius 2 is 0.903 bits per heavy atom. The number of allylic oxidation sites excluding steroid dienone is 1. The summed E-state index contributed by atoms with van der Waals surface area (Å²) in [6.07, 6.45) is 5.97. The van der Waals surface area contributed by atoms with E-state index >= 15 is 0 Å². The van der Waals surface area contributed by atoms with E-state index in [1.165, 1.54) is 12.8 Å². The van der Waals surface area contributed by atoms with Gasteiger partial charge in [0.1, 0.15) is 33.0 Å². The van der Waals surface area contributed by atoms with Crippen molar-refractivity contribution in [3.05, 3.63) is 12.3 Å². The van der Waals surface area contributed by atoms with Gasteiger partial charge in [0.05, 0.1) is 80.9 Å². The summed E-state index contributed by atoms with van der Waals surface area (Å²) in [6.45, 7) is 12.8. The van der Waals surface area contributed by atoms with E-state index in [-0.39, 0.29) is 130 Å². The van der Waals surface area contributed by atoms with Crippen LogP contribution >= 0.6 is 0 Å². The fraction of sp³-hybridized carbons (Fsp3) is 0.837. The van der Waals surface area contributed by atoms with Crippen LogP contribution in [-0.2, 0) is 57.1 Å². The molecule has 10 N–H and O–H groups in total. The number of esters is 4. The first-order valence-corrected chi connectivity index (χ1v) is 21.5. The van der Waals surface area contributed by atoms with Crippen LogP contribution in [0, 0.1) is 21.7 Å². The monoisotopic (exact) mass is 898 g/mol. The number of ether oxygens (including phenoxy) is 7. The molecule has 0 aromatic carbocycles. The quantitative estimate of drug-likeness (QED) is 0.0205. The normalized spacial score (nSPS) is 13.0. The Labute approximate surface area is 369 Å². The maximum Gasteiger partial charge on any atom is 0.306 e. The first-order valence-electron chi connectivity index (χ1n) is 21.5. The summed E-state index contributed by atoms with van der Waals surface area (Å²) < 4.78 is 37.0. The Morgan fingerprint density at radius 3 is 1.24 bits per heavy atom. The van der Waals surface area contributed by atoms with Gasteiger partial charge in [0, 0.05) is 45.0 Å². The van der Waals surface area contributed by atoms with Gasteiger partial charge in [0.25, 0.3) is 6.47 Å². The predicted octanol–water partition coefficient (Wildman–Crippen LogP) is 2.05. The fourth-order valence-corrected chi connectivity index (χ4v) is 4.76. The van der Waals surface area contributed by atoms with Gasteiger partial charge in [-0.3, -0.25) is 24.0 Å². The van der Waals surface area contributed by atoms with Crippen LogP contribution in [0.3, 0.4) is 0 Å².